The van der Waals surface area contributed by atoms with Crippen LogP contribution in [0.25, 0.3) is 0 Å². The number of aryl methyl sites for hydroxylation is 3. The lowest BCUT2D eigenvalue weighted by atomic mass is 10.0. The van der Waals surface area contributed by atoms with E-state index in [-0.39, 0.29) is 23.8 Å². The van der Waals surface area contributed by atoms with Crippen LogP contribution in [0.1, 0.15) is 27.8 Å². The molecule has 0 spiro atoms. The molecule has 0 aliphatic carbocycles. The second-order valence-electron chi connectivity index (χ2n) is 10.9. The van der Waals surface area contributed by atoms with E-state index in [9.17, 15) is 18.0 Å². The molecule has 4 rings (SSSR count). The minimum atomic E-state index is -4.16. The van der Waals surface area contributed by atoms with Gasteiger partial charge in [0.15, 0.2) is 0 Å². The van der Waals surface area contributed by atoms with Crippen molar-refractivity contribution in [2.24, 2.45) is 0 Å². The molecule has 0 heterocycles. The lowest BCUT2D eigenvalue weighted by molar-refractivity contribution is -0.139. The highest BCUT2D eigenvalue weighted by atomic mass is 32.2. The number of carbonyl (C=O) groups excluding carboxylic acids is 2. The molecular weight excluding hydrogens is 574 g/mol. The number of amides is 2. The molecule has 1 N–H and O–H groups in total. The lowest BCUT2D eigenvalue weighted by Gasteiger charge is -2.33. The smallest absolute Gasteiger partial charge is 0.264 e. The van der Waals surface area contributed by atoms with Crippen molar-refractivity contribution in [3.63, 3.8) is 0 Å². The minimum absolute atomic E-state index is 0.0617. The highest BCUT2D eigenvalue weighted by Crippen LogP contribution is 2.27. The zero-order chi connectivity index (χ0) is 31.9. The number of hydrogen-bond donors (Lipinski definition) is 1. The van der Waals surface area contributed by atoms with Crippen LogP contribution in [0.5, 0.6) is 5.75 Å². The Hall–Kier alpha value is -4.63. The highest BCUT2D eigenvalue weighted by molar-refractivity contribution is 7.92. The molecule has 0 saturated carbocycles. The van der Waals surface area contributed by atoms with Gasteiger partial charge in [-0.05, 0) is 79.4 Å². The van der Waals surface area contributed by atoms with Crippen molar-refractivity contribution < 1.29 is 22.7 Å². The Morgan fingerprint density at radius 2 is 1.43 bits per heavy atom. The maximum atomic E-state index is 14.4. The zero-order valence-corrected chi connectivity index (χ0v) is 26.6. The molecule has 4 aromatic rings. The molecule has 4 aromatic carbocycles. The summed E-state index contributed by atoms with van der Waals surface area (Å²) < 4.78 is 34.9. The average molecular weight is 614 g/mol. The van der Waals surface area contributed by atoms with E-state index in [1.54, 1.807) is 55.6 Å². The van der Waals surface area contributed by atoms with Crippen molar-refractivity contribution in [2.75, 3.05) is 25.0 Å². The summed E-state index contributed by atoms with van der Waals surface area (Å²) in [6, 6.07) is 27.8. The van der Waals surface area contributed by atoms with E-state index in [2.05, 4.69) is 5.32 Å². The summed E-state index contributed by atoms with van der Waals surface area (Å²) in [6.07, 6.45) is 0.241. The van der Waals surface area contributed by atoms with Crippen LogP contribution in [-0.2, 0) is 32.6 Å². The van der Waals surface area contributed by atoms with Crippen LogP contribution in [0.4, 0.5) is 5.69 Å². The van der Waals surface area contributed by atoms with E-state index in [0.29, 0.717) is 11.4 Å². The molecule has 0 aliphatic rings. The summed E-state index contributed by atoms with van der Waals surface area (Å²) in [7, 11) is -1.08. The SMILES string of the molecule is CNC(=O)[C@@H](Cc1ccccc1)N(Cc1cccc(OC)c1)C(=O)CN(c1cc(C)cc(C)c1)S(=O)(=O)c1ccc(C)cc1. The third-order valence-corrected chi connectivity index (χ3v) is 9.17. The highest BCUT2D eigenvalue weighted by Gasteiger charge is 2.34. The molecule has 0 aliphatic heterocycles. The maximum Gasteiger partial charge on any atom is 0.264 e. The van der Waals surface area contributed by atoms with Gasteiger partial charge in [0.1, 0.15) is 18.3 Å². The first-order valence-electron chi connectivity index (χ1n) is 14.4. The minimum Gasteiger partial charge on any atom is -0.497 e. The fourth-order valence-electron chi connectivity index (χ4n) is 5.15. The van der Waals surface area contributed by atoms with Crippen LogP contribution < -0.4 is 14.4 Å². The van der Waals surface area contributed by atoms with Gasteiger partial charge in [-0.3, -0.25) is 13.9 Å². The summed E-state index contributed by atoms with van der Waals surface area (Å²) in [5.41, 5.74) is 4.60. The van der Waals surface area contributed by atoms with Gasteiger partial charge in [-0.25, -0.2) is 8.42 Å². The van der Waals surface area contributed by atoms with Crippen LogP contribution in [0.3, 0.4) is 0 Å². The van der Waals surface area contributed by atoms with E-state index in [4.69, 9.17) is 4.74 Å². The predicted octanol–water partition coefficient (Wildman–Crippen LogP) is 5.20. The van der Waals surface area contributed by atoms with Gasteiger partial charge in [-0.1, -0.05) is 66.2 Å². The molecule has 0 saturated heterocycles. The molecule has 230 valence electrons. The zero-order valence-electron chi connectivity index (χ0n) is 25.8. The Morgan fingerprint density at radius 1 is 0.795 bits per heavy atom. The summed E-state index contributed by atoms with van der Waals surface area (Å²) in [5.74, 6) is -0.273. The molecule has 8 nitrogen and oxygen atoms in total. The van der Waals surface area contributed by atoms with E-state index < -0.39 is 28.5 Å². The lowest BCUT2D eigenvalue weighted by Crippen LogP contribution is -2.53. The number of rotatable bonds is 12. The number of benzene rings is 4. The van der Waals surface area contributed by atoms with E-state index in [1.165, 1.54) is 11.9 Å². The molecule has 0 bridgehead atoms. The summed E-state index contributed by atoms with van der Waals surface area (Å²) >= 11 is 0. The normalized spacial score (nSPS) is 11.8. The molecule has 0 aromatic heterocycles. The molecule has 0 unspecified atom stereocenters. The van der Waals surface area contributed by atoms with Gasteiger partial charge in [-0.15, -0.1) is 0 Å². The van der Waals surface area contributed by atoms with E-state index in [1.807, 2.05) is 69.3 Å². The molecule has 2 amide bonds. The molecule has 9 heteroatoms. The van der Waals surface area contributed by atoms with Crippen LogP contribution >= 0.6 is 0 Å². The summed E-state index contributed by atoms with van der Waals surface area (Å²) in [4.78, 5) is 29.4. The summed E-state index contributed by atoms with van der Waals surface area (Å²) in [6.45, 7) is 5.19. The quantitative estimate of drug-likeness (QED) is 0.237. The second kappa shape index (κ2) is 14.2. The monoisotopic (exact) mass is 613 g/mol. The number of likely N-dealkylation sites (N-methyl/N-ethyl adjacent to an activating group) is 1. The largest absolute Gasteiger partial charge is 0.497 e. The summed E-state index contributed by atoms with van der Waals surface area (Å²) in [5, 5.41) is 2.70. The first-order valence-corrected chi connectivity index (χ1v) is 15.8. The van der Waals surface area contributed by atoms with Gasteiger partial charge >= 0.3 is 0 Å². The number of anilines is 1. The van der Waals surface area contributed by atoms with Crippen molar-refractivity contribution in [1.82, 2.24) is 10.2 Å². The molecule has 0 fully saturated rings. The number of nitrogens with zero attached hydrogens (tertiary/aromatic N) is 2. The van der Waals surface area contributed by atoms with Gasteiger partial charge in [0.2, 0.25) is 11.8 Å². The third kappa shape index (κ3) is 7.85. The number of nitrogens with one attached hydrogen (secondary N) is 1. The number of carbonyl (C=O) groups is 2. The third-order valence-electron chi connectivity index (χ3n) is 7.39. The Kier molecular flexibility index (Phi) is 10.4. The van der Waals surface area contributed by atoms with Gasteiger partial charge in [0.25, 0.3) is 10.0 Å². The van der Waals surface area contributed by atoms with Crippen molar-refractivity contribution in [3.05, 3.63) is 125 Å². The molecule has 0 radical (unpaired) electrons. The van der Waals surface area contributed by atoms with Crippen LogP contribution in [0.2, 0.25) is 0 Å². The van der Waals surface area contributed by atoms with Gasteiger partial charge in [0.05, 0.1) is 17.7 Å². The fourth-order valence-corrected chi connectivity index (χ4v) is 6.55. The van der Waals surface area contributed by atoms with Crippen LogP contribution in [0.15, 0.2) is 102 Å². The van der Waals surface area contributed by atoms with E-state index >= 15 is 0 Å². The first kappa shape index (κ1) is 32.3. The Bertz CT molecular complexity index is 1690. The van der Waals surface area contributed by atoms with Crippen molar-refractivity contribution >= 4 is 27.5 Å². The maximum absolute atomic E-state index is 14.4. The Labute approximate surface area is 260 Å². The number of sulfonamides is 1. The number of ether oxygens (including phenoxy) is 1. The van der Waals surface area contributed by atoms with Crippen molar-refractivity contribution in [1.29, 1.82) is 0 Å². The number of hydrogen-bond acceptors (Lipinski definition) is 5. The van der Waals surface area contributed by atoms with E-state index in [0.717, 1.165) is 32.1 Å². The second-order valence-corrected chi connectivity index (χ2v) is 12.7. The average Bonchev–Trinajstić information content (AvgIpc) is 3.01. The molecule has 1 atom stereocenters. The fraction of sp³-hybridized carbons (Fsp3) is 0.257. The standard InChI is InChI=1S/C35H39N3O5S/c1-25-14-16-32(17-15-25)44(41,42)38(30-19-26(2)18-27(3)20-30)24-34(39)37(23-29-12-9-13-31(21-29)43-5)33(35(40)36-4)22-28-10-7-6-8-11-28/h6-21,33H,22-24H2,1-5H3,(H,36,40)/t33-/m1/s1. The topological polar surface area (TPSA) is 96.0 Å². The molecule has 44 heavy (non-hydrogen) atoms. The van der Waals surface area contributed by atoms with Gasteiger partial charge in [0, 0.05) is 20.0 Å². The number of methoxy groups -OCH3 is 1. The van der Waals surface area contributed by atoms with Crippen molar-refractivity contribution in [3.8, 4) is 5.75 Å². The van der Waals surface area contributed by atoms with Gasteiger partial charge in [-0.2, -0.15) is 0 Å². The first-order chi connectivity index (χ1) is 21.0. The van der Waals surface area contributed by atoms with Crippen LogP contribution in [0, 0.1) is 20.8 Å². The Morgan fingerprint density at radius 3 is 2.05 bits per heavy atom. The van der Waals surface area contributed by atoms with Crippen LogP contribution in [-0.4, -0.2) is 51.9 Å². The van der Waals surface area contributed by atoms with Gasteiger partial charge < -0.3 is 15.0 Å². The Balaban J connectivity index is 1.82. The van der Waals surface area contributed by atoms with Crippen molar-refractivity contribution in [2.45, 2.75) is 44.7 Å². The molecular formula is C35H39N3O5S. The predicted molar refractivity (Wildman–Crippen MR) is 173 cm³/mol.